The number of carbonyl (C=O) groups excluding carboxylic acids is 2. The molecule has 2 aliphatic heterocycles. The highest BCUT2D eigenvalue weighted by molar-refractivity contribution is 8.18. The molecule has 15 heteroatoms. The number of hydrogen-bond donors (Lipinski definition) is 0. The van der Waals surface area contributed by atoms with Gasteiger partial charge in [0.15, 0.2) is 16.7 Å². The molecule has 254 valence electrons. The number of para-hydroxylation sites is 1. The van der Waals surface area contributed by atoms with Gasteiger partial charge in [-0.05, 0) is 59.8 Å². The molecule has 0 atom stereocenters. The SMILES string of the molecule is COc1cc(/C=C2/SC(N3CCN(CC(=O)N(C)c4ccccc4)CC3)=NC2=O)ccc1OCc1ccc(C(F)(F)F)cc1C(F)(F)F. The monoisotopic (exact) mass is 692 g/mol. The number of halogens is 6. The fourth-order valence-electron chi connectivity index (χ4n) is 5.07. The van der Waals surface area contributed by atoms with E-state index in [0.717, 1.165) is 11.8 Å². The molecule has 3 aromatic carbocycles. The van der Waals surface area contributed by atoms with Crippen LogP contribution in [0, 0.1) is 0 Å². The van der Waals surface area contributed by atoms with Gasteiger partial charge in [-0.25, -0.2) is 0 Å². The van der Waals surface area contributed by atoms with Crippen LogP contribution in [0.2, 0.25) is 0 Å². The highest BCUT2D eigenvalue weighted by Gasteiger charge is 2.38. The van der Waals surface area contributed by atoms with E-state index in [4.69, 9.17) is 9.47 Å². The zero-order chi connectivity index (χ0) is 34.6. The van der Waals surface area contributed by atoms with Gasteiger partial charge in [0.25, 0.3) is 5.91 Å². The van der Waals surface area contributed by atoms with Crippen LogP contribution in [0.15, 0.2) is 76.6 Å². The second kappa shape index (κ2) is 14.3. The molecule has 0 aromatic heterocycles. The molecule has 0 spiro atoms. The first-order valence-electron chi connectivity index (χ1n) is 14.6. The van der Waals surface area contributed by atoms with Gasteiger partial charge in [-0.1, -0.05) is 30.3 Å². The number of hydrogen-bond acceptors (Lipinski definition) is 7. The molecule has 0 saturated carbocycles. The summed E-state index contributed by atoms with van der Waals surface area (Å²) in [6.45, 7) is 1.96. The molecule has 0 radical (unpaired) electrons. The van der Waals surface area contributed by atoms with E-state index in [1.807, 2.05) is 35.2 Å². The Balaban J connectivity index is 1.19. The smallest absolute Gasteiger partial charge is 0.416 e. The number of likely N-dealkylation sites (N-methyl/N-ethyl adjacent to an activating group) is 1. The van der Waals surface area contributed by atoms with Crippen molar-refractivity contribution in [2.75, 3.05) is 51.8 Å². The second-order valence-corrected chi connectivity index (χ2v) is 11.9. The van der Waals surface area contributed by atoms with Gasteiger partial charge in [-0.15, -0.1) is 0 Å². The molecule has 0 N–H and O–H groups in total. The Kier molecular flexibility index (Phi) is 10.4. The molecule has 1 fully saturated rings. The lowest BCUT2D eigenvalue weighted by Crippen LogP contribution is -2.50. The summed E-state index contributed by atoms with van der Waals surface area (Å²) in [5.74, 6) is -0.259. The fourth-order valence-corrected chi connectivity index (χ4v) is 6.03. The second-order valence-electron chi connectivity index (χ2n) is 10.9. The number of rotatable bonds is 8. The summed E-state index contributed by atoms with van der Waals surface area (Å²) in [4.78, 5) is 35.7. The number of alkyl halides is 6. The summed E-state index contributed by atoms with van der Waals surface area (Å²) >= 11 is 1.20. The number of amides is 2. The van der Waals surface area contributed by atoms with E-state index in [2.05, 4.69) is 9.89 Å². The van der Waals surface area contributed by atoms with E-state index in [-0.39, 0.29) is 30.0 Å². The first kappa shape index (κ1) is 34.8. The third-order valence-corrected chi connectivity index (χ3v) is 8.78. The van der Waals surface area contributed by atoms with Gasteiger partial charge < -0.3 is 19.3 Å². The minimum absolute atomic E-state index is 0.0277. The minimum Gasteiger partial charge on any atom is -0.493 e. The summed E-state index contributed by atoms with van der Waals surface area (Å²) < 4.78 is 90.5. The molecular formula is C33H30F6N4O4S. The molecule has 2 aliphatic rings. The van der Waals surface area contributed by atoms with Gasteiger partial charge in [0, 0.05) is 44.5 Å². The number of ether oxygens (including phenoxy) is 2. The van der Waals surface area contributed by atoms with E-state index in [9.17, 15) is 35.9 Å². The minimum atomic E-state index is -5.03. The Bertz CT molecular complexity index is 1720. The summed E-state index contributed by atoms with van der Waals surface area (Å²) in [7, 11) is 3.06. The van der Waals surface area contributed by atoms with Crippen molar-refractivity contribution >= 4 is 40.5 Å². The quantitative estimate of drug-likeness (QED) is 0.196. The van der Waals surface area contributed by atoms with Crippen LogP contribution >= 0.6 is 11.8 Å². The summed E-state index contributed by atoms with van der Waals surface area (Å²) in [5, 5.41) is 0.544. The predicted octanol–water partition coefficient (Wildman–Crippen LogP) is 6.56. The number of thioether (sulfide) groups is 1. The van der Waals surface area contributed by atoms with Crippen molar-refractivity contribution in [2.45, 2.75) is 19.0 Å². The predicted molar refractivity (Wildman–Crippen MR) is 170 cm³/mol. The van der Waals surface area contributed by atoms with E-state index in [1.54, 1.807) is 24.1 Å². The molecule has 8 nitrogen and oxygen atoms in total. The van der Waals surface area contributed by atoms with E-state index in [1.165, 1.54) is 31.0 Å². The molecule has 0 unspecified atom stereocenters. The van der Waals surface area contributed by atoms with Gasteiger partial charge >= 0.3 is 12.4 Å². The lowest BCUT2D eigenvalue weighted by molar-refractivity contribution is -0.143. The molecule has 3 aromatic rings. The standard InChI is InChI=1S/C33H30F6N4O4S/c1-41(24-6-4-3-5-7-24)29(44)19-42-12-14-43(15-13-42)31-40-30(45)28(48-31)17-21-8-11-26(27(16-21)46-2)47-20-22-9-10-23(32(34,35)36)18-25(22)33(37,38)39/h3-11,16-18H,12-15,19-20H2,1-2H3/b28-17+. The molecule has 2 amide bonds. The number of carbonyl (C=O) groups is 2. The number of benzene rings is 3. The van der Waals surface area contributed by atoms with Crippen LogP contribution in [0.4, 0.5) is 32.0 Å². The Morgan fingerprint density at radius 2 is 1.65 bits per heavy atom. The normalized spacial score (nSPS) is 16.7. The number of anilines is 1. The zero-order valence-corrected chi connectivity index (χ0v) is 26.6. The van der Waals surface area contributed by atoms with Crippen molar-refractivity contribution in [3.63, 3.8) is 0 Å². The summed E-state index contributed by atoms with van der Waals surface area (Å²) in [6, 6.07) is 15.3. The van der Waals surface area contributed by atoms with Crippen LogP contribution in [0.5, 0.6) is 11.5 Å². The van der Waals surface area contributed by atoms with Crippen molar-refractivity contribution in [2.24, 2.45) is 4.99 Å². The molecule has 0 bridgehead atoms. The molecule has 48 heavy (non-hydrogen) atoms. The largest absolute Gasteiger partial charge is 0.493 e. The molecule has 0 aliphatic carbocycles. The van der Waals surface area contributed by atoms with Crippen molar-refractivity contribution in [3.05, 3.63) is 93.9 Å². The molecule has 1 saturated heterocycles. The molecule has 2 heterocycles. The fraction of sp³-hybridized carbons (Fsp3) is 0.303. The number of piperazine rings is 1. The lowest BCUT2D eigenvalue weighted by Gasteiger charge is -2.35. The van der Waals surface area contributed by atoms with Crippen LogP contribution in [-0.4, -0.2) is 73.7 Å². The number of amidine groups is 1. The van der Waals surface area contributed by atoms with Crippen LogP contribution in [0.1, 0.15) is 22.3 Å². The maximum Gasteiger partial charge on any atom is 0.416 e. The Hall–Kier alpha value is -4.50. The first-order valence-corrected chi connectivity index (χ1v) is 15.4. The van der Waals surface area contributed by atoms with Gasteiger partial charge in [-0.2, -0.15) is 31.3 Å². The van der Waals surface area contributed by atoms with Gasteiger partial charge in [-0.3, -0.25) is 14.5 Å². The Morgan fingerprint density at radius 3 is 2.29 bits per heavy atom. The summed E-state index contributed by atoms with van der Waals surface area (Å²) in [6.07, 6.45) is -8.37. The maximum absolute atomic E-state index is 13.5. The van der Waals surface area contributed by atoms with E-state index >= 15 is 0 Å². The number of nitrogens with zero attached hydrogens (tertiary/aromatic N) is 4. The van der Waals surface area contributed by atoms with E-state index in [0.29, 0.717) is 47.9 Å². The van der Waals surface area contributed by atoms with Crippen molar-refractivity contribution in [1.29, 1.82) is 0 Å². The van der Waals surface area contributed by atoms with Gasteiger partial charge in [0.2, 0.25) is 5.91 Å². The van der Waals surface area contributed by atoms with Crippen LogP contribution in [0.3, 0.4) is 0 Å². The van der Waals surface area contributed by atoms with Crippen LogP contribution < -0.4 is 14.4 Å². The Morgan fingerprint density at radius 1 is 0.938 bits per heavy atom. The van der Waals surface area contributed by atoms with Crippen LogP contribution in [-0.2, 0) is 28.5 Å². The van der Waals surface area contributed by atoms with Crippen molar-refractivity contribution < 1.29 is 45.4 Å². The highest BCUT2D eigenvalue weighted by atomic mass is 32.2. The summed E-state index contributed by atoms with van der Waals surface area (Å²) in [5.41, 5.74) is -2.00. The topological polar surface area (TPSA) is 74.7 Å². The maximum atomic E-state index is 13.5. The van der Waals surface area contributed by atoms with Crippen LogP contribution in [0.25, 0.3) is 6.08 Å². The lowest BCUT2D eigenvalue weighted by atomic mass is 10.0. The van der Waals surface area contributed by atoms with Gasteiger partial charge in [0.05, 0.1) is 29.7 Å². The number of methoxy groups -OCH3 is 1. The third-order valence-electron chi connectivity index (χ3n) is 7.74. The highest BCUT2D eigenvalue weighted by Crippen LogP contribution is 2.39. The average Bonchev–Trinajstić information content (AvgIpc) is 3.42. The van der Waals surface area contributed by atoms with E-state index < -0.39 is 41.6 Å². The first-order chi connectivity index (χ1) is 22.7. The van der Waals surface area contributed by atoms with Gasteiger partial charge in [0.1, 0.15) is 6.61 Å². The van der Waals surface area contributed by atoms with Crippen molar-refractivity contribution in [3.8, 4) is 11.5 Å². The zero-order valence-electron chi connectivity index (χ0n) is 25.8. The third kappa shape index (κ3) is 8.31. The Labute approximate surface area is 276 Å². The average molecular weight is 693 g/mol. The van der Waals surface area contributed by atoms with Crippen molar-refractivity contribution in [1.82, 2.24) is 9.80 Å². The molecule has 5 rings (SSSR count). The number of aliphatic imine (C=N–C) groups is 1. The molecular weight excluding hydrogens is 662 g/mol.